The molecule has 0 aliphatic heterocycles. The Kier molecular flexibility index (Phi) is 5.18. The van der Waals surface area contributed by atoms with Crippen LogP contribution in [-0.2, 0) is 4.57 Å². The first kappa shape index (κ1) is 19.2. The third-order valence-electron chi connectivity index (χ3n) is 9.65. The molecular weight excluding hydrogens is 335 g/mol. The largest absolute Gasteiger partial charge is 0.275 e. The summed E-state index contributed by atoms with van der Waals surface area (Å²) in [5.41, 5.74) is 3.25. The van der Waals surface area contributed by atoms with Crippen LogP contribution in [0.5, 0.6) is 0 Å². The molecule has 0 aromatic heterocycles. The van der Waals surface area contributed by atoms with Crippen LogP contribution < -0.4 is 0 Å². The van der Waals surface area contributed by atoms with E-state index >= 15 is 0 Å². The van der Waals surface area contributed by atoms with Crippen molar-refractivity contribution in [2.24, 2.45) is 40.4 Å². The van der Waals surface area contributed by atoms with Crippen molar-refractivity contribution in [1.82, 2.24) is 0 Å². The van der Waals surface area contributed by atoms with Crippen molar-refractivity contribution in [2.45, 2.75) is 97.6 Å². The van der Waals surface area contributed by atoms with E-state index in [1.54, 1.807) is 0 Å². The molecular formula is C24H39OP. The van der Waals surface area contributed by atoms with Gasteiger partial charge < -0.3 is 0 Å². The molecule has 0 aromatic rings. The molecule has 4 rings (SSSR count). The molecule has 0 radical (unpaired) electrons. The van der Waals surface area contributed by atoms with Crippen LogP contribution in [0.15, 0.2) is 11.6 Å². The van der Waals surface area contributed by atoms with Gasteiger partial charge in [-0.3, -0.25) is 4.57 Å². The Bertz CT molecular complexity index is 583. The molecule has 0 amide bonds. The van der Waals surface area contributed by atoms with Crippen LogP contribution in [0.3, 0.4) is 0 Å². The van der Waals surface area contributed by atoms with E-state index in [2.05, 4.69) is 33.8 Å². The summed E-state index contributed by atoms with van der Waals surface area (Å²) in [7, 11) is 0.401. The lowest BCUT2D eigenvalue weighted by molar-refractivity contribution is 0.0205. The molecule has 0 bridgehead atoms. The van der Waals surface area contributed by atoms with Crippen molar-refractivity contribution in [3.8, 4) is 0 Å². The summed E-state index contributed by atoms with van der Waals surface area (Å²) < 4.78 is 11.4. The van der Waals surface area contributed by atoms with Crippen molar-refractivity contribution in [1.29, 1.82) is 0 Å². The lowest BCUT2D eigenvalue weighted by Crippen LogP contribution is -2.48. The Balaban J connectivity index is 1.61. The van der Waals surface area contributed by atoms with Gasteiger partial charge in [0, 0.05) is 5.66 Å². The molecule has 0 heterocycles. The molecule has 4 aliphatic rings. The Labute approximate surface area is 163 Å². The maximum absolute atomic E-state index is 11.4. The lowest BCUT2D eigenvalue weighted by atomic mass is 9.48. The molecule has 4 aliphatic carbocycles. The monoisotopic (exact) mass is 374 g/mol. The summed E-state index contributed by atoms with van der Waals surface area (Å²) in [5, 5.41) is 0. The van der Waals surface area contributed by atoms with Gasteiger partial charge in [-0.05, 0) is 91.8 Å². The Morgan fingerprint density at radius 3 is 2.73 bits per heavy atom. The van der Waals surface area contributed by atoms with E-state index in [9.17, 15) is 4.57 Å². The molecule has 3 saturated carbocycles. The quantitative estimate of drug-likeness (QED) is 0.364. The van der Waals surface area contributed by atoms with Crippen LogP contribution in [0.1, 0.15) is 91.9 Å². The van der Waals surface area contributed by atoms with E-state index in [0.29, 0.717) is 24.9 Å². The predicted octanol–water partition coefficient (Wildman–Crippen LogP) is 7.66. The summed E-state index contributed by atoms with van der Waals surface area (Å²) in [6, 6.07) is 0. The topological polar surface area (TPSA) is 17.1 Å². The van der Waals surface area contributed by atoms with Gasteiger partial charge in [-0.1, -0.05) is 52.2 Å². The molecule has 0 aromatic carbocycles. The smallest absolute Gasteiger partial charge is 0.158 e. The normalized spacial score (nSPS) is 49.1. The summed E-state index contributed by atoms with van der Waals surface area (Å²) in [6.45, 7) is 10.1. The maximum Gasteiger partial charge on any atom is 0.158 e. The second-order valence-electron chi connectivity index (χ2n) is 10.8. The van der Waals surface area contributed by atoms with Gasteiger partial charge in [0.2, 0.25) is 0 Å². The molecule has 0 spiro atoms. The van der Waals surface area contributed by atoms with Crippen molar-refractivity contribution in [3.05, 3.63) is 11.6 Å². The fourth-order valence-electron chi connectivity index (χ4n) is 8.23. The second-order valence-corrected chi connectivity index (χ2v) is 11.7. The highest BCUT2D eigenvalue weighted by molar-refractivity contribution is 7.24. The zero-order valence-electron chi connectivity index (χ0n) is 17.5. The standard InChI is InChI=1S/C24H39OP/c1-5-6-16(2)20-9-10-21-19-8-7-17-15-18(26-25)11-13-23(17,3)22(19)12-14-24(20,21)4/h12,16-21H,5-11,13-15H2,1-4H3/t16-,17-,18-,19+,20?,21+,23+,24-/m1/s1. The van der Waals surface area contributed by atoms with Crippen LogP contribution in [0.25, 0.3) is 0 Å². The first-order chi connectivity index (χ1) is 12.4. The fraction of sp³-hybridized carbons (Fsp3) is 0.917. The first-order valence-corrected chi connectivity index (χ1v) is 12.3. The van der Waals surface area contributed by atoms with Gasteiger partial charge >= 0.3 is 0 Å². The molecule has 1 nitrogen and oxygen atoms in total. The Morgan fingerprint density at radius 2 is 2.00 bits per heavy atom. The second kappa shape index (κ2) is 7.02. The number of allylic oxidation sites excluding steroid dienone is 2. The van der Waals surface area contributed by atoms with Crippen molar-refractivity contribution < 1.29 is 4.57 Å². The van der Waals surface area contributed by atoms with Gasteiger partial charge in [0.05, 0.1) is 0 Å². The molecule has 0 saturated heterocycles. The van der Waals surface area contributed by atoms with Gasteiger partial charge in [0.1, 0.15) is 0 Å². The Hall–Kier alpha value is -0.160. The number of rotatable bonds is 4. The zero-order chi connectivity index (χ0) is 18.5. The van der Waals surface area contributed by atoms with Crippen LogP contribution in [0, 0.1) is 40.4 Å². The average molecular weight is 375 g/mol. The average Bonchev–Trinajstić information content (AvgIpc) is 2.98. The number of fused-ring (bicyclic) bond motifs is 5. The summed E-state index contributed by atoms with van der Waals surface area (Å²) in [6.07, 6.45) is 16.2. The number of hydrogen-bond donors (Lipinski definition) is 0. The van der Waals surface area contributed by atoms with Crippen molar-refractivity contribution in [2.75, 3.05) is 0 Å². The highest BCUT2D eigenvalue weighted by atomic mass is 31.1. The SMILES string of the molecule is CCC[C@@H](C)C1CC[C@H]2[C@@H]3CC[C@@H]4C[C@H](P=O)CC[C@]4(C)C3=CC[C@]12C. The fourth-order valence-corrected chi connectivity index (χ4v) is 8.80. The van der Waals surface area contributed by atoms with Gasteiger partial charge in [0.25, 0.3) is 0 Å². The maximum atomic E-state index is 11.4. The lowest BCUT2D eigenvalue weighted by Gasteiger charge is -2.57. The molecule has 146 valence electrons. The van der Waals surface area contributed by atoms with Crippen LogP contribution in [0.2, 0.25) is 0 Å². The molecule has 1 unspecified atom stereocenters. The van der Waals surface area contributed by atoms with E-state index < -0.39 is 0 Å². The zero-order valence-corrected chi connectivity index (χ0v) is 18.4. The van der Waals surface area contributed by atoms with E-state index in [4.69, 9.17) is 0 Å². The molecule has 0 N–H and O–H groups in total. The third-order valence-corrected chi connectivity index (χ3v) is 10.4. The number of hydrogen-bond acceptors (Lipinski definition) is 1. The van der Waals surface area contributed by atoms with Crippen molar-refractivity contribution in [3.63, 3.8) is 0 Å². The molecule has 26 heavy (non-hydrogen) atoms. The van der Waals surface area contributed by atoms with Crippen LogP contribution in [-0.4, -0.2) is 5.66 Å². The first-order valence-electron chi connectivity index (χ1n) is 11.5. The van der Waals surface area contributed by atoms with Gasteiger partial charge in [-0.2, -0.15) is 0 Å². The van der Waals surface area contributed by atoms with Gasteiger partial charge in [-0.15, -0.1) is 0 Å². The summed E-state index contributed by atoms with van der Waals surface area (Å²) in [5.74, 6) is 4.40. The summed E-state index contributed by atoms with van der Waals surface area (Å²) >= 11 is 0. The van der Waals surface area contributed by atoms with Gasteiger partial charge in [-0.25, -0.2) is 0 Å². The minimum Gasteiger partial charge on any atom is -0.275 e. The van der Waals surface area contributed by atoms with E-state index in [-0.39, 0.29) is 0 Å². The van der Waals surface area contributed by atoms with Crippen LogP contribution >= 0.6 is 8.46 Å². The van der Waals surface area contributed by atoms with E-state index in [1.807, 2.05) is 5.57 Å². The minimum atomic E-state index is 0.401. The van der Waals surface area contributed by atoms with E-state index in [1.165, 1.54) is 64.2 Å². The summed E-state index contributed by atoms with van der Waals surface area (Å²) in [4.78, 5) is 0. The van der Waals surface area contributed by atoms with Gasteiger partial charge in [0.15, 0.2) is 8.46 Å². The highest BCUT2D eigenvalue weighted by Gasteiger charge is 2.57. The minimum absolute atomic E-state index is 0.401. The molecule has 3 fully saturated rings. The molecule has 8 atom stereocenters. The van der Waals surface area contributed by atoms with Crippen LogP contribution in [0.4, 0.5) is 0 Å². The third kappa shape index (κ3) is 2.78. The van der Waals surface area contributed by atoms with Crippen molar-refractivity contribution >= 4 is 8.46 Å². The predicted molar refractivity (Wildman–Crippen MR) is 111 cm³/mol. The molecule has 2 heteroatoms. The van der Waals surface area contributed by atoms with E-state index in [0.717, 1.165) is 29.6 Å². The Morgan fingerprint density at radius 1 is 1.19 bits per heavy atom. The highest BCUT2D eigenvalue weighted by Crippen LogP contribution is 2.66.